The third kappa shape index (κ3) is 4.42. The maximum atomic E-state index is 9.96. The highest BCUT2D eigenvalue weighted by molar-refractivity contribution is 9.11. The van der Waals surface area contributed by atoms with Gasteiger partial charge in [-0.3, -0.25) is 0 Å². The molecular formula is C16H19Br2NO2. The van der Waals surface area contributed by atoms with Crippen LogP contribution in [-0.2, 0) is 0 Å². The van der Waals surface area contributed by atoms with E-state index in [1.807, 2.05) is 44.2 Å². The first-order valence-corrected chi connectivity index (χ1v) is 8.48. The SMILES string of the molecule is CC(C)NC[C@@H](O)COc1c(Br)cc(Br)c2ccccc12. The molecule has 0 spiro atoms. The van der Waals surface area contributed by atoms with Crippen LogP contribution in [-0.4, -0.2) is 30.4 Å². The largest absolute Gasteiger partial charge is 0.489 e. The first kappa shape index (κ1) is 16.7. The molecule has 0 aliphatic rings. The van der Waals surface area contributed by atoms with Gasteiger partial charge in [-0.15, -0.1) is 0 Å². The van der Waals surface area contributed by atoms with E-state index in [1.54, 1.807) is 0 Å². The molecule has 0 aromatic heterocycles. The number of hydrogen-bond acceptors (Lipinski definition) is 3. The van der Waals surface area contributed by atoms with Gasteiger partial charge < -0.3 is 15.2 Å². The van der Waals surface area contributed by atoms with Crippen LogP contribution in [0.2, 0.25) is 0 Å². The van der Waals surface area contributed by atoms with Crippen LogP contribution in [0.1, 0.15) is 13.8 Å². The van der Waals surface area contributed by atoms with Crippen molar-refractivity contribution in [3.63, 3.8) is 0 Å². The van der Waals surface area contributed by atoms with Gasteiger partial charge in [0.15, 0.2) is 0 Å². The van der Waals surface area contributed by atoms with E-state index in [9.17, 15) is 5.11 Å². The van der Waals surface area contributed by atoms with Gasteiger partial charge in [0.2, 0.25) is 0 Å². The van der Waals surface area contributed by atoms with Crippen LogP contribution in [0.4, 0.5) is 0 Å². The molecule has 2 aromatic carbocycles. The van der Waals surface area contributed by atoms with E-state index in [0.29, 0.717) is 12.6 Å². The second-order valence-electron chi connectivity index (χ2n) is 5.24. The van der Waals surface area contributed by atoms with Crippen LogP contribution in [0.5, 0.6) is 5.75 Å². The topological polar surface area (TPSA) is 41.5 Å². The predicted octanol–water partition coefficient (Wildman–Crippen LogP) is 4.10. The Morgan fingerprint density at radius 3 is 2.48 bits per heavy atom. The number of aliphatic hydroxyl groups is 1. The maximum absolute atomic E-state index is 9.96. The quantitative estimate of drug-likeness (QED) is 0.744. The van der Waals surface area contributed by atoms with Crippen molar-refractivity contribution in [1.29, 1.82) is 0 Å². The zero-order valence-corrected chi connectivity index (χ0v) is 15.2. The van der Waals surface area contributed by atoms with Crippen LogP contribution in [0.3, 0.4) is 0 Å². The molecule has 0 aliphatic heterocycles. The van der Waals surface area contributed by atoms with Crippen LogP contribution >= 0.6 is 31.9 Å². The Bertz CT molecular complexity index is 616. The molecular weight excluding hydrogens is 398 g/mol. The molecule has 0 unspecified atom stereocenters. The second kappa shape index (κ2) is 7.58. The number of hydrogen-bond donors (Lipinski definition) is 2. The van der Waals surface area contributed by atoms with Crippen molar-refractivity contribution in [2.24, 2.45) is 0 Å². The van der Waals surface area contributed by atoms with Gasteiger partial charge in [0.25, 0.3) is 0 Å². The summed E-state index contributed by atoms with van der Waals surface area (Å²) in [6.45, 7) is 4.87. The normalized spacial score (nSPS) is 12.9. The van der Waals surface area contributed by atoms with E-state index in [2.05, 4.69) is 37.2 Å². The van der Waals surface area contributed by atoms with Crippen LogP contribution < -0.4 is 10.1 Å². The van der Waals surface area contributed by atoms with E-state index in [4.69, 9.17) is 4.74 Å². The lowest BCUT2D eigenvalue weighted by molar-refractivity contribution is 0.105. The molecule has 2 rings (SSSR count). The molecule has 0 radical (unpaired) electrons. The molecule has 21 heavy (non-hydrogen) atoms. The zero-order valence-electron chi connectivity index (χ0n) is 12.1. The van der Waals surface area contributed by atoms with Crippen molar-refractivity contribution in [3.05, 3.63) is 39.3 Å². The molecule has 0 aliphatic carbocycles. The van der Waals surface area contributed by atoms with Crippen LogP contribution in [0.25, 0.3) is 10.8 Å². The van der Waals surface area contributed by atoms with Gasteiger partial charge in [-0.05, 0) is 27.4 Å². The van der Waals surface area contributed by atoms with Crippen molar-refractivity contribution < 1.29 is 9.84 Å². The number of ether oxygens (including phenoxy) is 1. The summed E-state index contributed by atoms with van der Waals surface area (Å²) in [6, 6.07) is 10.3. The summed E-state index contributed by atoms with van der Waals surface area (Å²) in [5.41, 5.74) is 0. The van der Waals surface area contributed by atoms with Crippen LogP contribution in [0, 0.1) is 0 Å². The first-order valence-electron chi connectivity index (χ1n) is 6.90. The van der Waals surface area contributed by atoms with Gasteiger partial charge in [0.1, 0.15) is 18.5 Å². The summed E-state index contributed by atoms with van der Waals surface area (Å²) in [4.78, 5) is 0. The van der Waals surface area contributed by atoms with E-state index >= 15 is 0 Å². The first-order chi connectivity index (χ1) is 9.99. The van der Waals surface area contributed by atoms with E-state index < -0.39 is 6.10 Å². The number of benzene rings is 2. The minimum atomic E-state index is -0.540. The highest BCUT2D eigenvalue weighted by atomic mass is 79.9. The summed E-state index contributed by atoms with van der Waals surface area (Å²) in [7, 11) is 0. The van der Waals surface area contributed by atoms with E-state index in [0.717, 1.165) is 25.5 Å². The standard InChI is InChI=1S/C16H19Br2NO2/c1-10(2)19-8-11(20)9-21-16-13-6-4-3-5-12(13)14(17)7-15(16)18/h3-7,10-11,19-20H,8-9H2,1-2H3/t11-/m1/s1. The molecule has 114 valence electrons. The fraction of sp³-hybridized carbons (Fsp3) is 0.375. The highest BCUT2D eigenvalue weighted by Gasteiger charge is 2.13. The zero-order chi connectivity index (χ0) is 15.4. The summed E-state index contributed by atoms with van der Waals surface area (Å²) >= 11 is 7.09. The molecule has 0 heterocycles. The van der Waals surface area contributed by atoms with Gasteiger partial charge in [0.05, 0.1) is 4.47 Å². The molecule has 1 atom stereocenters. The number of fused-ring (bicyclic) bond motifs is 1. The minimum Gasteiger partial charge on any atom is -0.489 e. The molecule has 2 N–H and O–H groups in total. The van der Waals surface area contributed by atoms with Gasteiger partial charge in [-0.25, -0.2) is 0 Å². The molecule has 3 nitrogen and oxygen atoms in total. The molecule has 5 heteroatoms. The number of aliphatic hydroxyl groups excluding tert-OH is 1. The summed E-state index contributed by atoms with van der Waals surface area (Å²) in [6.07, 6.45) is -0.540. The highest BCUT2D eigenvalue weighted by Crippen LogP contribution is 2.38. The Labute approximate surface area is 141 Å². The van der Waals surface area contributed by atoms with Gasteiger partial charge in [0, 0.05) is 22.4 Å². The van der Waals surface area contributed by atoms with Gasteiger partial charge in [-0.1, -0.05) is 54.0 Å². The Morgan fingerprint density at radius 2 is 1.81 bits per heavy atom. The van der Waals surface area contributed by atoms with E-state index in [-0.39, 0.29) is 6.61 Å². The molecule has 0 saturated heterocycles. The molecule has 0 bridgehead atoms. The van der Waals surface area contributed by atoms with Crippen molar-refractivity contribution in [3.8, 4) is 5.75 Å². The Morgan fingerprint density at radius 1 is 1.14 bits per heavy atom. The maximum Gasteiger partial charge on any atom is 0.141 e. The van der Waals surface area contributed by atoms with Crippen molar-refractivity contribution in [2.45, 2.75) is 26.0 Å². The lowest BCUT2D eigenvalue weighted by Crippen LogP contribution is -2.35. The Kier molecular flexibility index (Phi) is 6.05. The number of nitrogens with one attached hydrogen (secondary N) is 1. The Hall–Kier alpha value is -0.620. The smallest absolute Gasteiger partial charge is 0.141 e. The monoisotopic (exact) mass is 415 g/mol. The molecule has 2 aromatic rings. The number of rotatable bonds is 6. The third-order valence-electron chi connectivity index (χ3n) is 3.08. The molecule has 0 amide bonds. The third-order valence-corrected chi connectivity index (χ3v) is 4.33. The van der Waals surface area contributed by atoms with Crippen molar-refractivity contribution in [2.75, 3.05) is 13.2 Å². The van der Waals surface area contributed by atoms with Gasteiger partial charge in [-0.2, -0.15) is 0 Å². The lowest BCUT2D eigenvalue weighted by Gasteiger charge is -2.17. The predicted molar refractivity (Wildman–Crippen MR) is 94.0 cm³/mol. The van der Waals surface area contributed by atoms with Crippen molar-refractivity contribution in [1.82, 2.24) is 5.32 Å². The average Bonchev–Trinajstić information content (AvgIpc) is 2.45. The second-order valence-corrected chi connectivity index (χ2v) is 6.95. The van der Waals surface area contributed by atoms with Crippen LogP contribution in [0.15, 0.2) is 39.3 Å². The molecule has 0 saturated carbocycles. The van der Waals surface area contributed by atoms with Crippen molar-refractivity contribution >= 4 is 42.6 Å². The lowest BCUT2D eigenvalue weighted by atomic mass is 10.1. The number of halogens is 2. The fourth-order valence-corrected chi connectivity index (χ4v) is 3.47. The van der Waals surface area contributed by atoms with Gasteiger partial charge >= 0.3 is 0 Å². The molecule has 0 fully saturated rings. The Balaban J connectivity index is 2.15. The summed E-state index contributed by atoms with van der Waals surface area (Å²) in [5.74, 6) is 0.761. The average molecular weight is 417 g/mol. The summed E-state index contributed by atoms with van der Waals surface area (Å²) < 4.78 is 7.73. The minimum absolute atomic E-state index is 0.254. The summed E-state index contributed by atoms with van der Waals surface area (Å²) in [5, 5.41) is 15.3. The fourth-order valence-electron chi connectivity index (χ4n) is 2.03. The van der Waals surface area contributed by atoms with E-state index in [1.165, 1.54) is 0 Å².